The van der Waals surface area contributed by atoms with Crippen LogP contribution < -0.4 is 4.72 Å². The summed E-state index contributed by atoms with van der Waals surface area (Å²) < 4.78 is 30.7. The van der Waals surface area contributed by atoms with Gasteiger partial charge in [0.1, 0.15) is 4.90 Å². The average molecular weight is 297 g/mol. The number of hydrogen-bond donors (Lipinski definition) is 1. The van der Waals surface area contributed by atoms with Crippen LogP contribution in [-0.4, -0.2) is 28.0 Å². The maximum atomic E-state index is 12.5. The quantitative estimate of drug-likeness (QED) is 0.907. The molecule has 0 spiro atoms. The van der Waals surface area contributed by atoms with E-state index in [2.05, 4.69) is 14.9 Å². The van der Waals surface area contributed by atoms with Crippen LogP contribution in [0.1, 0.15) is 25.2 Å². The van der Waals surface area contributed by atoms with Crippen molar-refractivity contribution in [3.8, 4) is 0 Å². The van der Waals surface area contributed by atoms with Gasteiger partial charge in [0.2, 0.25) is 0 Å². The predicted octanol–water partition coefficient (Wildman–Crippen LogP) is 1.54. The van der Waals surface area contributed by atoms with E-state index >= 15 is 0 Å². The second-order valence-corrected chi connectivity index (χ2v) is 6.10. The summed E-state index contributed by atoms with van der Waals surface area (Å²) in [4.78, 5) is 0.227. The summed E-state index contributed by atoms with van der Waals surface area (Å²) in [5.74, 6) is 0.315. The van der Waals surface area contributed by atoms with E-state index in [9.17, 15) is 8.42 Å². The summed E-state index contributed by atoms with van der Waals surface area (Å²) in [6, 6.07) is 1.63. The minimum Gasteiger partial charge on any atom is -0.271 e. The van der Waals surface area contributed by atoms with Gasteiger partial charge in [-0.1, -0.05) is 0 Å². The van der Waals surface area contributed by atoms with Gasteiger partial charge in [-0.2, -0.15) is 10.2 Å². The lowest BCUT2D eigenvalue weighted by molar-refractivity contribution is 0.597. The van der Waals surface area contributed by atoms with Gasteiger partial charge in [0.05, 0.1) is 11.4 Å². The molecule has 0 amide bonds. The first-order valence-electron chi connectivity index (χ1n) is 6.49. The smallest absolute Gasteiger partial charge is 0.266 e. The second kappa shape index (κ2) is 5.28. The molecule has 0 unspecified atom stereocenters. The molecule has 0 aliphatic heterocycles. The van der Waals surface area contributed by atoms with Gasteiger partial charge in [-0.15, -0.1) is 0 Å². The van der Waals surface area contributed by atoms with Crippen LogP contribution in [0.2, 0.25) is 0 Å². The van der Waals surface area contributed by atoms with Crippen molar-refractivity contribution in [3.05, 3.63) is 23.7 Å². The minimum absolute atomic E-state index is 0.227. The molecule has 2 rings (SSSR count). The van der Waals surface area contributed by atoms with Crippen molar-refractivity contribution in [2.45, 2.75) is 45.7 Å². The largest absolute Gasteiger partial charge is 0.271 e. The lowest BCUT2D eigenvalue weighted by atomic mass is 10.4. The monoisotopic (exact) mass is 297 g/mol. The highest BCUT2D eigenvalue weighted by Crippen LogP contribution is 2.21. The molecule has 0 aliphatic rings. The number of nitrogens with one attached hydrogen (secondary N) is 1. The topological polar surface area (TPSA) is 81.8 Å². The van der Waals surface area contributed by atoms with Gasteiger partial charge in [0.15, 0.2) is 5.82 Å². The first kappa shape index (κ1) is 14.6. The van der Waals surface area contributed by atoms with Gasteiger partial charge >= 0.3 is 0 Å². The predicted molar refractivity (Wildman–Crippen MR) is 76.1 cm³/mol. The van der Waals surface area contributed by atoms with Gasteiger partial charge in [-0.25, -0.2) is 8.42 Å². The Morgan fingerprint density at radius 1 is 1.20 bits per heavy atom. The molecule has 2 aromatic heterocycles. The van der Waals surface area contributed by atoms with E-state index < -0.39 is 10.0 Å². The van der Waals surface area contributed by atoms with Crippen molar-refractivity contribution in [3.63, 3.8) is 0 Å². The molecule has 0 fully saturated rings. The number of nitrogens with zero attached hydrogens (tertiary/aromatic N) is 4. The van der Waals surface area contributed by atoms with E-state index in [4.69, 9.17) is 0 Å². The van der Waals surface area contributed by atoms with E-state index in [0.29, 0.717) is 30.3 Å². The van der Waals surface area contributed by atoms with Gasteiger partial charge < -0.3 is 0 Å². The SMILES string of the molecule is CCn1ccc(NS(=O)(=O)c2c(C)nn(CC)c2C)n1. The van der Waals surface area contributed by atoms with Crippen LogP contribution in [0.3, 0.4) is 0 Å². The molecule has 0 aliphatic carbocycles. The Labute approximate surface area is 118 Å². The minimum atomic E-state index is -3.67. The number of aryl methyl sites for hydroxylation is 3. The van der Waals surface area contributed by atoms with Crippen LogP contribution in [0, 0.1) is 13.8 Å². The molecule has 2 aromatic rings. The third kappa shape index (κ3) is 2.55. The Hall–Kier alpha value is -1.83. The van der Waals surface area contributed by atoms with Crippen molar-refractivity contribution in [2.75, 3.05) is 4.72 Å². The van der Waals surface area contributed by atoms with Crippen molar-refractivity contribution >= 4 is 15.8 Å². The fraction of sp³-hybridized carbons (Fsp3) is 0.500. The zero-order valence-electron chi connectivity index (χ0n) is 12.1. The summed E-state index contributed by atoms with van der Waals surface area (Å²) in [6.45, 7) is 8.62. The molecule has 0 saturated carbocycles. The molecule has 1 N–H and O–H groups in total. The van der Waals surface area contributed by atoms with Gasteiger partial charge in [0, 0.05) is 25.4 Å². The Morgan fingerprint density at radius 2 is 1.90 bits per heavy atom. The fourth-order valence-corrected chi connectivity index (χ4v) is 3.57. The number of sulfonamides is 1. The zero-order valence-corrected chi connectivity index (χ0v) is 12.9. The van der Waals surface area contributed by atoms with E-state index in [1.807, 2.05) is 13.8 Å². The number of hydrogen-bond acceptors (Lipinski definition) is 4. The van der Waals surface area contributed by atoms with Gasteiger partial charge in [-0.05, 0) is 27.7 Å². The third-order valence-electron chi connectivity index (χ3n) is 3.09. The molecular weight excluding hydrogens is 278 g/mol. The lowest BCUT2D eigenvalue weighted by Gasteiger charge is -2.06. The highest BCUT2D eigenvalue weighted by Gasteiger charge is 2.24. The van der Waals surface area contributed by atoms with Crippen molar-refractivity contribution in [1.29, 1.82) is 0 Å². The summed E-state index contributed by atoms with van der Waals surface area (Å²) in [5, 5.41) is 8.35. The lowest BCUT2D eigenvalue weighted by Crippen LogP contribution is -2.15. The molecule has 7 nitrogen and oxygen atoms in total. The molecule has 0 saturated heterocycles. The molecule has 2 heterocycles. The van der Waals surface area contributed by atoms with Crippen LogP contribution >= 0.6 is 0 Å². The molecule has 0 atom stereocenters. The van der Waals surface area contributed by atoms with Crippen LogP contribution in [0.15, 0.2) is 17.2 Å². The summed E-state index contributed by atoms with van der Waals surface area (Å²) in [5.41, 5.74) is 1.12. The number of aromatic nitrogens is 4. The molecule has 8 heteroatoms. The molecule has 20 heavy (non-hydrogen) atoms. The van der Waals surface area contributed by atoms with E-state index in [1.165, 1.54) is 0 Å². The highest BCUT2D eigenvalue weighted by atomic mass is 32.2. The van der Waals surface area contributed by atoms with Crippen LogP contribution in [0.5, 0.6) is 0 Å². The molecule has 0 bridgehead atoms. The van der Waals surface area contributed by atoms with Gasteiger partial charge in [0.25, 0.3) is 10.0 Å². The first-order valence-corrected chi connectivity index (χ1v) is 7.97. The number of rotatable bonds is 5. The third-order valence-corrected chi connectivity index (χ3v) is 4.69. The first-order chi connectivity index (χ1) is 9.39. The zero-order chi connectivity index (χ0) is 14.9. The van der Waals surface area contributed by atoms with Crippen molar-refractivity contribution in [1.82, 2.24) is 19.6 Å². The van der Waals surface area contributed by atoms with Crippen LogP contribution in [-0.2, 0) is 23.1 Å². The summed E-state index contributed by atoms with van der Waals surface area (Å²) in [7, 11) is -3.67. The Morgan fingerprint density at radius 3 is 2.40 bits per heavy atom. The molecule has 110 valence electrons. The summed E-state index contributed by atoms with van der Waals surface area (Å²) >= 11 is 0. The molecule has 0 radical (unpaired) electrons. The average Bonchev–Trinajstić information content (AvgIpc) is 2.93. The normalized spacial score (nSPS) is 11.8. The van der Waals surface area contributed by atoms with Crippen molar-refractivity contribution < 1.29 is 8.42 Å². The molecular formula is C12H19N5O2S. The Balaban J connectivity index is 2.38. The van der Waals surface area contributed by atoms with Crippen LogP contribution in [0.25, 0.3) is 0 Å². The van der Waals surface area contributed by atoms with E-state index in [1.54, 1.807) is 35.5 Å². The maximum absolute atomic E-state index is 12.5. The van der Waals surface area contributed by atoms with Gasteiger partial charge in [-0.3, -0.25) is 14.1 Å². The number of anilines is 1. The van der Waals surface area contributed by atoms with Crippen LogP contribution in [0.4, 0.5) is 5.82 Å². The molecule has 0 aromatic carbocycles. The highest BCUT2D eigenvalue weighted by molar-refractivity contribution is 7.92. The van der Waals surface area contributed by atoms with E-state index in [-0.39, 0.29) is 4.90 Å². The van der Waals surface area contributed by atoms with Crippen molar-refractivity contribution in [2.24, 2.45) is 0 Å². The second-order valence-electron chi connectivity index (χ2n) is 4.48. The fourth-order valence-electron chi connectivity index (χ4n) is 2.16. The van der Waals surface area contributed by atoms with E-state index in [0.717, 1.165) is 0 Å². The Kier molecular flexibility index (Phi) is 3.85. The Bertz CT molecular complexity index is 714. The maximum Gasteiger partial charge on any atom is 0.266 e. The standard InChI is InChI=1S/C12H19N5O2S/c1-5-16-8-7-11(14-16)15-20(18,19)12-9(3)13-17(6-2)10(12)4/h7-8H,5-6H2,1-4H3,(H,14,15). The summed E-state index contributed by atoms with van der Waals surface area (Å²) in [6.07, 6.45) is 1.73.